The number of halogens is 1. The standard InChI is InChI=1S/C64H75FN12O8S/c1-6-39-9-7-10-42-25-46(78)26-48(54(39)42)56-55(65)57-49(29-66-56)59(75-30-43-15-16-44(31-75)69-43)71-62(70-57)83-33-45-17-19-64(18-8-20-77(45)64)34-84-63(82)74-23-21-73(22-24-74)52-28-51(85-72-52)53(36(2)3)61(81)76-32-47(79)27-50(76)60(80)68-37(4)40-11-13-41(14-12-40)58-38(5)67-35-86-58/h7,9-14,25-26,28-29,35-37,43-45,47,50,53,69,78-79H,6,8,15-24,27,30-34H2,1-5H3,(H,68,80)/t37-,43?,44?,45+,47+,50-,53+,64+/m0/s1. The SMILES string of the molecule is CCc1cccc2cc(O)cc(-c3ncc4c(N5CC6CCC(C5)N6)nc(OC[C@H]5CC[C@@]6(COC(=O)N7CCN(c8cc([C@H](C(=O)N9C[C@H](O)C[C@H]9C(=O)N[C@@H](C)c9ccc(-c%10scnc%10C)cc9)C(C)C)on8)CC7)CCCN56)nc4c3F)c12. The fourth-order valence-corrected chi connectivity index (χ4v) is 15.3. The van der Waals surface area contributed by atoms with Crippen LogP contribution in [0.15, 0.2) is 76.9 Å². The third kappa shape index (κ3) is 10.9. The van der Waals surface area contributed by atoms with Gasteiger partial charge in [-0.05, 0) is 111 Å². The third-order valence-corrected chi connectivity index (χ3v) is 20.0. The van der Waals surface area contributed by atoms with Crippen molar-refractivity contribution in [1.29, 1.82) is 0 Å². The second-order valence-corrected chi connectivity index (χ2v) is 25.7. The van der Waals surface area contributed by atoms with E-state index in [2.05, 4.69) is 37.5 Å². The molecule has 0 aliphatic carbocycles. The maximum absolute atomic E-state index is 17.3. The third-order valence-electron chi connectivity index (χ3n) is 19.0. The van der Waals surface area contributed by atoms with Gasteiger partial charge in [0.15, 0.2) is 17.4 Å². The summed E-state index contributed by atoms with van der Waals surface area (Å²) in [6, 6.07) is 18.4. The molecule has 3 aromatic carbocycles. The Morgan fingerprint density at radius 3 is 2.48 bits per heavy atom. The van der Waals surface area contributed by atoms with Crippen molar-refractivity contribution in [2.24, 2.45) is 5.92 Å². The van der Waals surface area contributed by atoms with E-state index < -0.39 is 23.9 Å². The lowest BCUT2D eigenvalue weighted by Gasteiger charge is -2.37. The molecule has 6 aliphatic rings. The van der Waals surface area contributed by atoms with Crippen LogP contribution in [-0.2, 0) is 20.7 Å². The summed E-state index contributed by atoms with van der Waals surface area (Å²) in [6.07, 6.45) is 6.83. The van der Waals surface area contributed by atoms with Gasteiger partial charge in [-0.15, -0.1) is 11.3 Å². The summed E-state index contributed by atoms with van der Waals surface area (Å²) >= 11 is 1.58. The van der Waals surface area contributed by atoms with Gasteiger partial charge in [-0.2, -0.15) is 9.97 Å². The monoisotopic (exact) mass is 1190 g/mol. The molecule has 20 nitrogen and oxygen atoms in total. The highest BCUT2D eigenvalue weighted by Gasteiger charge is 2.51. The molecule has 0 saturated carbocycles. The van der Waals surface area contributed by atoms with Gasteiger partial charge in [0.1, 0.15) is 48.0 Å². The van der Waals surface area contributed by atoms with Crippen LogP contribution < -0.4 is 25.2 Å². The second kappa shape index (κ2) is 23.6. The minimum atomic E-state index is -0.865. The Hall–Kier alpha value is -7.53. The van der Waals surface area contributed by atoms with Crippen LogP contribution in [0.3, 0.4) is 0 Å². The van der Waals surface area contributed by atoms with Crippen LogP contribution in [0.5, 0.6) is 11.8 Å². The largest absolute Gasteiger partial charge is 0.508 e. The molecular weight excluding hydrogens is 1120 g/mol. The number of aryl methyl sites for hydroxylation is 2. The van der Waals surface area contributed by atoms with E-state index in [9.17, 15) is 24.6 Å². The van der Waals surface area contributed by atoms with Crippen molar-refractivity contribution in [3.63, 3.8) is 0 Å². The minimum Gasteiger partial charge on any atom is -0.508 e. The van der Waals surface area contributed by atoms with Crippen molar-refractivity contribution < 1.29 is 43.0 Å². The first-order valence-electron chi connectivity index (χ1n) is 30.6. The van der Waals surface area contributed by atoms with Crippen LogP contribution in [0, 0.1) is 18.7 Å². The number of benzene rings is 3. The van der Waals surface area contributed by atoms with Gasteiger partial charge < -0.3 is 54.4 Å². The fraction of sp³-hybridized carbons (Fsp3) is 0.500. The zero-order chi connectivity index (χ0) is 59.5. The van der Waals surface area contributed by atoms with Crippen LogP contribution >= 0.6 is 11.3 Å². The molecule has 452 valence electrons. The zero-order valence-corrected chi connectivity index (χ0v) is 50.2. The summed E-state index contributed by atoms with van der Waals surface area (Å²) in [5.41, 5.74) is 6.15. The number of rotatable bonds is 16. The summed E-state index contributed by atoms with van der Waals surface area (Å²) < 4.78 is 36.0. The number of phenols is 1. The topological polar surface area (TPSA) is 228 Å². The summed E-state index contributed by atoms with van der Waals surface area (Å²) in [5.74, 6) is -0.692. The number of aliphatic hydroxyl groups excluding tert-OH is 1. The summed E-state index contributed by atoms with van der Waals surface area (Å²) in [6.45, 7) is 14.3. The number of carbonyl (C=O) groups excluding carboxylic acids is 3. The molecule has 86 heavy (non-hydrogen) atoms. The number of nitrogens with one attached hydrogen (secondary N) is 2. The van der Waals surface area contributed by atoms with Crippen molar-refractivity contribution in [3.05, 3.63) is 101 Å². The van der Waals surface area contributed by atoms with E-state index in [4.69, 9.17) is 28.9 Å². The number of nitrogens with zero attached hydrogens (tertiary/aromatic N) is 10. The lowest BCUT2D eigenvalue weighted by molar-refractivity contribution is -0.141. The average Bonchev–Trinajstić information content (AvgIpc) is 1.06. The smallest absolute Gasteiger partial charge is 0.409 e. The van der Waals surface area contributed by atoms with Crippen LogP contribution in [0.1, 0.15) is 107 Å². The lowest BCUT2D eigenvalue weighted by atomic mass is 9.91. The molecule has 7 aromatic rings. The first kappa shape index (κ1) is 57.5. The molecule has 0 radical (unpaired) electrons. The number of piperazine rings is 2. The van der Waals surface area contributed by atoms with Crippen LogP contribution in [0.25, 0.3) is 43.4 Å². The number of carbonyl (C=O) groups is 3. The first-order valence-corrected chi connectivity index (χ1v) is 31.4. The quantitative estimate of drug-likeness (QED) is 0.0711. The van der Waals surface area contributed by atoms with Gasteiger partial charge >= 0.3 is 12.1 Å². The van der Waals surface area contributed by atoms with Gasteiger partial charge in [0.05, 0.1) is 39.2 Å². The number of β-amino-alcohol motifs (C(OH)–C–C–N with tert-alkyl or cyclic N) is 1. The van der Waals surface area contributed by atoms with E-state index in [0.29, 0.717) is 86.1 Å². The molecule has 0 spiro atoms. The molecule has 6 saturated heterocycles. The number of likely N-dealkylation sites (tertiary alicyclic amines) is 1. The number of fused-ring (bicyclic) bond motifs is 5. The van der Waals surface area contributed by atoms with Crippen molar-refractivity contribution in [2.75, 3.05) is 75.4 Å². The van der Waals surface area contributed by atoms with Gasteiger partial charge in [0.25, 0.3) is 0 Å². The predicted molar refractivity (Wildman–Crippen MR) is 325 cm³/mol. The first-order chi connectivity index (χ1) is 41.6. The Balaban J connectivity index is 0.634. The van der Waals surface area contributed by atoms with Crippen molar-refractivity contribution >= 4 is 62.6 Å². The van der Waals surface area contributed by atoms with Crippen LogP contribution in [-0.4, -0.2) is 169 Å². The van der Waals surface area contributed by atoms with Crippen molar-refractivity contribution in [3.8, 4) is 33.5 Å². The molecule has 13 rings (SSSR count). The zero-order valence-electron chi connectivity index (χ0n) is 49.4. The number of phenolic OH excluding ortho intramolecular Hbond substituents is 1. The van der Waals surface area contributed by atoms with Gasteiger partial charge in [0.2, 0.25) is 11.8 Å². The van der Waals surface area contributed by atoms with Crippen molar-refractivity contribution in [1.82, 2.24) is 50.4 Å². The van der Waals surface area contributed by atoms with Gasteiger partial charge in [-0.25, -0.2) is 14.2 Å². The number of anilines is 2. The molecule has 10 heterocycles. The molecule has 8 atom stereocenters. The molecule has 6 fully saturated rings. The fourth-order valence-electron chi connectivity index (χ4n) is 14.5. The molecular formula is C64H75FN12O8S. The Morgan fingerprint density at radius 2 is 1.73 bits per heavy atom. The van der Waals surface area contributed by atoms with Gasteiger partial charge in [0, 0.05) is 88.2 Å². The highest BCUT2D eigenvalue weighted by molar-refractivity contribution is 7.13. The van der Waals surface area contributed by atoms with Crippen LogP contribution in [0.4, 0.5) is 20.8 Å². The number of thiazole rings is 1. The summed E-state index contributed by atoms with van der Waals surface area (Å²) in [5, 5.41) is 35.0. The maximum Gasteiger partial charge on any atom is 0.409 e. The number of ether oxygens (including phenoxy) is 2. The van der Waals surface area contributed by atoms with E-state index >= 15 is 4.39 Å². The van der Waals surface area contributed by atoms with E-state index in [1.165, 1.54) is 4.90 Å². The van der Waals surface area contributed by atoms with E-state index in [1.807, 2.05) is 80.6 Å². The van der Waals surface area contributed by atoms with Gasteiger partial charge in [-0.3, -0.25) is 19.5 Å². The number of pyridine rings is 1. The van der Waals surface area contributed by atoms with E-state index in [-0.39, 0.29) is 90.6 Å². The highest BCUT2D eigenvalue weighted by Crippen LogP contribution is 2.44. The molecule has 4 aromatic heterocycles. The Kier molecular flexibility index (Phi) is 15.8. The second-order valence-electron chi connectivity index (χ2n) is 24.8. The summed E-state index contributed by atoms with van der Waals surface area (Å²) in [4.78, 5) is 72.1. The Labute approximate surface area is 503 Å². The number of aromatic nitrogens is 5. The predicted octanol–water partition coefficient (Wildman–Crippen LogP) is 8.53. The molecule has 2 unspecified atom stereocenters. The minimum absolute atomic E-state index is 0.00896. The van der Waals surface area contributed by atoms with Crippen molar-refractivity contribution in [2.45, 2.75) is 134 Å². The van der Waals surface area contributed by atoms with E-state index in [1.54, 1.807) is 40.6 Å². The average molecular weight is 1190 g/mol. The number of amides is 3. The molecule has 6 aliphatic heterocycles. The number of hydrogen-bond acceptors (Lipinski definition) is 18. The Morgan fingerprint density at radius 1 is 0.942 bits per heavy atom. The van der Waals surface area contributed by atoms with Crippen LogP contribution in [0.2, 0.25) is 0 Å². The van der Waals surface area contributed by atoms with Gasteiger partial charge in [-0.1, -0.05) is 68.4 Å². The summed E-state index contributed by atoms with van der Waals surface area (Å²) in [7, 11) is 0. The Bertz CT molecular complexity index is 3680. The maximum atomic E-state index is 17.3. The molecule has 3 amide bonds. The molecule has 2 bridgehead atoms. The number of aliphatic hydroxyl groups is 1. The molecule has 4 N–H and O–H groups in total. The number of hydrogen-bond donors (Lipinski definition) is 4. The normalized spacial score (nSPS) is 23.8. The van der Waals surface area contributed by atoms with E-state index in [0.717, 1.165) is 83.1 Å². The highest BCUT2D eigenvalue weighted by atomic mass is 32.1. The lowest BCUT2D eigenvalue weighted by Crippen LogP contribution is -2.51. The molecule has 22 heteroatoms. The number of aromatic hydroxyl groups is 1.